The molecule has 0 fully saturated rings. The number of carboxylic acid groups (broad SMARTS) is 1. The fourth-order valence-electron chi connectivity index (χ4n) is 5.40. The van der Waals surface area contributed by atoms with Gasteiger partial charge in [0, 0.05) is 13.0 Å². The van der Waals surface area contributed by atoms with E-state index in [1.165, 1.54) is 38.5 Å². The summed E-state index contributed by atoms with van der Waals surface area (Å²) in [5.41, 5.74) is 5.35. The summed E-state index contributed by atoms with van der Waals surface area (Å²) in [4.78, 5) is 33.6. The number of hydrogen-bond donors (Lipinski definition) is 3. The Bertz CT molecular complexity index is 1300. The van der Waals surface area contributed by atoms with Crippen LogP contribution in [0, 0.1) is 0 Å². The number of allylic oxidation sites excluding steroid dienone is 16. The predicted octanol–water partition coefficient (Wildman–Crippen LogP) is 12.5. The molecule has 0 spiro atoms. The van der Waals surface area contributed by atoms with Gasteiger partial charge in [-0.15, -0.1) is 0 Å². The summed E-state index contributed by atoms with van der Waals surface area (Å²) < 4.78 is 33.3. The van der Waals surface area contributed by atoms with E-state index >= 15 is 0 Å². The van der Waals surface area contributed by atoms with E-state index in [0.29, 0.717) is 13.0 Å². The van der Waals surface area contributed by atoms with Gasteiger partial charge >= 0.3 is 19.8 Å². The highest BCUT2D eigenvalue weighted by Gasteiger charge is 2.27. The molecule has 11 heteroatoms. The number of aliphatic carboxylic acids is 1. The lowest BCUT2D eigenvalue weighted by atomic mass is 10.1. The molecule has 0 aliphatic rings. The van der Waals surface area contributed by atoms with E-state index in [-0.39, 0.29) is 13.0 Å². The first kappa shape index (κ1) is 55.9. The minimum Gasteiger partial charge on any atom is -0.480 e. The molecule has 0 aromatic heterocycles. The van der Waals surface area contributed by atoms with Crippen molar-refractivity contribution in [2.24, 2.45) is 5.73 Å². The largest absolute Gasteiger partial charge is 0.480 e. The summed E-state index contributed by atoms with van der Waals surface area (Å²) in [6.45, 7) is 3.64. The van der Waals surface area contributed by atoms with E-state index in [0.717, 1.165) is 89.9 Å². The SMILES string of the molecule is CC/C=C\C/C=C\C/C=C\C/C=C\C/C=C\C/C=C\CCCCC(=O)OC(COCCCCCCCC/C=C\C/C=C\CCCCC)COP(=O)(O)OCC(N)C(=O)O. The third kappa shape index (κ3) is 42.8. The Labute approximate surface area is 358 Å². The Morgan fingerprint density at radius 1 is 0.559 bits per heavy atom. The number of nitrogens with two attached hydrogens (primary N) is 1. The number of phosphoric acid groups is 1. The maximum absolute atomic E-state index is 12.6. The monoisotopic (exact) mass is 846 g/mol. The van der Waals surface area contributed by atoms with Crippen molar-refractivity contribution in [1.29, 1.82) is 0 Å². The number of carbonyl (C=O) groups excluding carboxylic acids is 1. The highest BCUT2D eigenvalue weighted by Crippen LogP contribution is 2.43. The number of unbranched alkanes of at least 4 members (excludes halogenated alkanes) is 11. The van der Waals surface area contributed by atoms with Crippen molar-refractivity contribution in [3.63, 3.8) is 0 Å². The van der Waals surface area contributed by atoms with Crippen molar-refractivity contribution >= 4 is 19.8 Å². The number of rotatable bonds is 41. The summed E-state index contributed by atoms with van der Waals surface area (Å²) in [6.07, 6.45) is 56.0. The van der Waals surface area contributed by atoms with E-state index in [4.69, 9.17) is 29.4 Å². The standard InChI is InChI=1S/C48H80NO9P/c1-3-5-7-9-11-13-15-17-19-21-22-23-24-25-26-28-30-32-34-36-38-40-47(50)58-45(43-56-59(53,54)57-44-46(49)48(51)52)42-55-41-39-37-35-33-31-29-27-20-18-16-14-12-10-8-6-4-2/h5,7,11-14,17-20,22-23,25-26,30,32,45-46H,3-4,6,8-10,15-16,21,24,27-29,31,33-44,49H2,1-2H3,(H,51,52)(H,53,54)/b7-5-,13-11-,14-12-,19-17-,20-18-,23-22-,26-25-,32-30-. The average molecular weight is 846 g/mol. The van der Waals surface area contributed by atoms with Gasteiger partial charge in [-0.1, -0.05) is 150 Å². The molecule has 0 aromatic carbocycles. The minimum absolute atomic E-state index is 0.0147. The van der Waals surface area contributed by atoms with Crippen molar-refractivity contribution in [2.45, 2.75) is 167 Å². The first-order valence-corrected chi connectivity index (χ1v) is 23.8. The Morgan fingerprint density at radius 3 is 1.47 bits per heavy atom. The third-order valence-electron chi connectivity index (χ3n) is 8.85. The third-order valence-corrected chi connectivity index (χ3v) is 9.80. The summed E-state index contributed by atoms with van der Waals surface area (Å²) in [5.74, 6) is -1.84. The van der Waals surface area contributed by atoms with Crippen molar-refractivity contribution < 1.29 is 42.7 Å². The molecular formula is C48H80NO9P. The lowest BCUT2D eigenvalue weighted by Crippen LogP contribution is -2.34. The molecule has 4 N–H and O–H groups in total. The first-order valence-electron chi connectivity index (χ1n) is 22.3. The van der Waals surface area contributed by atoms with E-state index < -0.39 is 45.1 Å². The van der Waals surface area contributed by atoms with Gasteiger partial charge in [-0.25, -0.2) is 4.57 Å². The molecule has 0 rings (SSSR count). The van der Waals surface area contributed by atoms with Crippen LogP contribution in [0.1, 0.15) is 155 Å². The van der Waals surface area contributed by atoms with Crippen molar-refractivity contribution in [2.75, 3.05) is 26.4 Å². The number of ether oxygens (including phenoxy) is 2. The highest BCUT2D eigenvalue weighted by molar-refractivity contribution is 7.47. The molecule has 3 unspecified atom stereocenters. The fraction of sp³-hybridized carbons (Fsp3) is 0.625. The number of carboxylic acids is 1. The Hall–Kier alpha value is -3.11. The quantitative estimate of drug-likeness (QED) is 0.0234. The molecule has 336 valence electrons. The molecule has 3 atom stereocenters. The lowest BCUT2D eigenvalue weighted by Gasteiger charge is -2.20. The molecule has 0 saturated carbocycles. The zero-order valence-corrected chi connectivity index (χ0v) is 37.4. The molecule has 0 bridgehead atoms. The molecule has 0 radical (unpaired) electrons. The van der Waals surface area contributed by atoms with E-state index in [1.807, 2.05) is 0 Å². The van der Waals surface area contributed by atoms with E-state index in [1.54, 1.807) is 0 Å². The summed E-state index contributed by atoms with van der Waals surface area (Å²) in [5, 5.41) is 8.90. The second-order valence-corrected chi connectivity index (χ2v) is 15.9. The summed E-state index contributed by atoms with van der Waals surface area (Å²) in [7, 11) is -4.64. The molecule has 0 aliphatic heterocycles. The van der Waals surface area contributed by atoms with Gasteiger partial charge in [0.2, 0.25) is 0 Å². The van der Waals surface area contributed by atoms with Crippen molar-refractivity contribution in [3.8, 4) is 0 Å². The first-order chi connectivity index (χ1) is 28.7. The second kappa shape index (κ2) is 43.0. The maximum atomic E-state index is 12.6. The van der Waals surface area contributed by atoms with Gasteiger partial charge in [-0.2, -0.15) is 0 Å². The smallest absolute Gasteiger partial charge is 0.472 e. The van der Waals surface area contributed by atoms with Crippen LogP contribution in [0.15, 0.2) is 97.2 Å². The highest BCUT2D eigenvalue weighted by atomic mass is 31.2. The van der Waals surface area contributed by atoms with Gasteiger partial charge in [0.05, 0.1) is 19.8 Å². The number of hydrogen-bond acceptors (Lipinski definition) is 8. The van der Waals surface area contributed by atoms with Crippen LogP contribution in [0.4, 0.5) is 0 Å². The Kier molecular flexibility index (Phi) is 40.7. The number of esters is 1. The topological polar surface area (TPSA) is 155 Å². The van der Waals surface area contributed by atoms with Gasteiger partial charge in [-0.05, 0) is 96.3 Å². The van der Waals surface area contributed by atoms with E-state index in [9.17, 15) is 19.0 Å². The molecule has 0 saturated heterocycles. The molecule has 0 aliphatic carbocycles. The van der Waals surface area contributed by atoms with Crippen molar-refractivity contribution in [3.05, 3.63) is 97.2 Å². The van der Waals surface area contributed by atoms with Crippen LogP contribution in [0.2, 0.25) is 0 Å². The second-order valence-electron chi connectivity index (χ2n) is 14.4. The zero-order chi connectivity index (χ0) is 43.3. The Morgan fingerprint density at radius 2 is 0.983 bits per heavy atom. The zero-order valence-electron chi connectivity index (χ0n) is 36.6. The van der Waals surface area contributed by atoms with E-state index in [2.05, 4.69) is 111 Å². The minimum atomic E-state index is -4.64. The summed E-state index contributed by atoms with van der Waals surface area (Å²) in [6, 6.07) is -1.49. The molecule has 0 amide bonds. The van der Waals surface area contributed by atoms with Crippen molar-refractivity contribution in [1.82, 2.24) is 0 Å². The van der Waals surface area contributed by atoms with Crippen LogP contribution in [0.25, 0.3) is 0 Å². The van der Waals surface area contributed by atoms with Crippen LogP contribution >= 0.6 is 7.82 Å². The fourth-order valence-corrected chi connectivity index (χ4v) is 6.18. The van der Waals surface area contributed by atoms with Crippen LogP contribution in [-0.4, -0.2) is 60.5 Å². The molecular weight excluding hydrogens is 766 g/mol. The van der Waals surface area contributed by atoms with Gasteiger partial charge in [-0.3, -0.25) is 18.6 Å². The van der Waals surface area contributed by atoms with Crippen LogP contribution in [0.3, 0.4) is 0 Å². The van der Waals surface area contributed by atoms with Crippen LogP contribution in [-0.2, 0) is 32.7 Å². The number of phosphoric ester groups is 1. The maximum Gasteiger partial charge on any atom is 0.472 e. The van der Waals surface area contributed by atoms with Gasteiger partial charge in [0.25, 0.3) is 0 Å². The van der Waals surface area contributed by atoms with Crippen LogP contribution < -0.4 is 5.73 Å². The van der Waals surface area contributed by atoms with Gasteiger partial charge in [0.15, 0.2) is 0 Å². The summed E-state index contributed by atoms with van der Waals surface area (Å²) >= 11 is 0. The number of carbonyl (C=O) groups is 2. The molecule has 0 heterocycles. The molecule has 59 heavy (non-hydrogen) atoms. The normalized spacial score (nSPS) is 14.8. The lowest BCUT2D eigenvalue weighted by molar-refractivity contribution is -0.154. The van der Waals surface area contributed by atoms with Crippen LogP contribution in [0.5, 0.6) is 0 Å². The predicted molar refractivity (Wildman–Crippen MR) is 244 cm³/mol. The van der Waals surface area contributed by atoms with Gasteiger partial charge in [0.1, 0.15) is 12.1 Å². The average Bonchev–Trinajstić information content (AvgIpc) is 3.21. The molecule has 0 aromatic rings. The molecule has 10 nitrogen and oxygen atoms in total. The van der Waals surface area contributed by atoms with Gasteiger partial charge < -0.3 is 25.2 Å². The Balaban J connectivity index is 4.37.